The molecule has 7 heteroatoms. The van der Waals surface area contributed by atoms with Crippen LogP contribution in [0.1, 0.15) is 33.1 Å². The normalized spacial score (nSPS) is 16.6. The Morgan fingerprint density at radius 1 is 1.50 bits per heavy atom. The molecule has 0 radical (unpaired) electrons. The molecule has 0 aromatic rings. The molecule has 100 valence electrons. The van der Waals surface area contributed by atoms with Crippen LogP contribution in [0.3, 0.4) is 0 Å². The van der Waals surface area contributed by atoms with Gasteiger partial charge in [-0.15, -0.1) is 0 Å². The number of hydrazone groups is 1. The molecule has 1 rings (SSSR count). The summed E-state index contributed by atoms with van der Waals surface area (Å²) in [5, 5.41) is 12.4. The van der Waals surface area contributed by atoms with E-state index in [1.54, 1.807) is 13.8 Å². The quantitative estimate of drug-likeness (QED) is 0.720. The first-order valence-electron chi connectivity index (χ1n) is 5.83. The number of carbonyl (C=O) groups is 3. The second kappa shape index (κ2) is 6.13. The minimum Gasteiger partial charge on any atom is -0.481 e. The number of carbonyl (C=O) groups excluding carboxylic acids is 2. The smallest absolute Gasteiger partial charge is 0.305 e. The van der Waals surface area contributed by atoms with Gasteiger partial charge in [0, 0.05) is 25.4 Å². The molecule has 18 heavy (non-hydrogen) atoms. The van der Waals surface area contributed by atoms with Crippen LogP contribution in [-0.2, 0) is 14.4 Å². The third-order valence-corrected chi connectivity index (χ3v) is 2.75. The third-order valence-electron chi connectivity index (χ3n) is 2.75. The highest BCUT2D eigenvalue weighted by atomic mass is 16.4. The Kier molecular flexibility index (Phi) is 4.82. The van der Waals surface area contributed by atoms with Gasteiger partial charge in [-0.2, -0.15) is 5.10 Å². The van der Waals surface area contributed by atoms with Crippen LogP contribution in [-0.4, -0.2) is 46.1 Å². The van der Waals surface area contributed by atoms with E-state index in [4.69, 9.17) is 5.11 Å². The molecule has 2 amide bonds. The number of carboxylic acids is 1. The molecule has 0 aromatic heterocycles. The lowest BCUT2D eigenvalue weighted by Crippen LogP contribution is -2.45. The average molecular weight is 255 g/mol. The van der Waals surface area contributed by atoms with Crippen molar-refractivity contribution in [3.05, 3.63) is 0 Å². The number of aliphatic carboxylic acids is 1. The van der Waals surface area contributed by atoms with Crippen molar-refractivity contribution in [3.8, 4) is 0 Å². The zero-order valence-electron chi connectivity index (χ0n) is 10.5. The van der Waals surface area contributed by atoms with Gasteiger partial charge in [0.05, 0.1) is 6.42 Å². The molecule has 0 aromatic carbocycles. The summed E-state index contributed by atoms with van der Waals surface area (Å²) in [5.74, 6) is -1.48. The van der Waals surface area contributed by atoms with E-state index in [1.165, 1.54) is 4.90 Å². The van der Waals surface area contributed by atoms with Crippen LogP contribution >= 0.6 is 0 Å². The van der Waals surface area contributed by atoms with Gasteiger partial charge in [0.25, 0.3) is 5.91 Å². The average Bonchev–Trinajstić information content (AvgIpc) is 2.29. The fraction of sp³-hybridized carbons (Fsp3) is 0.636. The van der Waals surface area contributed by atoms with Crippen LogP contribution in [0.15, 0.2) is 5.10 Å². The van der Waals surface area contributed by atoms with Crippen molar-refractivity contribution in [1.29, 1.82) is 0 Å². The highest BCUT2D eigenvalue weighted by Gasteiger charge is 2.26. The van der Waals surface area contributed by atoms with Crippen LogP contribution in [0.5, 0.6) is 0 Å². The van der Waals surface area contributed by atoms with Gasteiger partial charge in [-0.1, -0.05) is 0 Å². The molecule has 0 saturated heterocycles. The molecule has 0 aliphatic carbocycles. The number of carboxylic acid groups (broad SMARTS) is 1. The summed E-state index contributed by atoms with van der Waals surface area (Å²) >= 11 is 0. The summed E-state index contributed by atoms with van der Waals surface area (Å²) in [4.78, 5) is 35.1. The van der Waals surface area contributed by atoms with E-state index in [2.05, 4.69) is 10.5 Å². The molecule has 0 saturated carbocycles. The lowest BCUT2D eigenvalue weighted by Gasteiger charge is -2.28. The van der Waals surface area contributed by atoms with Crippen LogP contribution in [0.2, 0.25) is 0 Å². The lowest BCUT2D eigenvalue weighted by molar-refractivity contribution is -0.139. The first-order valence-corrected chi connectivity index (χ1v) is 5.83. The molecule has 1 heterocycles. The minimum atomic E-state index is -0.951. The first-order chi connectivity index (χ1) is 8.45. The van der Waals surface area contributed by atoms with E-state index in [1.807, 2.05) is 0 Å². The Bertz CT molecular complexity index is 392. The molecule has 0 spiro atoms. The predicted molar refractivity (Wildman–Crippen MR) is 63.9 cm³/mol. The Morgan fingerprint density at radius 3 is 2.61 bits per heavy atom. The number of amides is 2. The van der Waals surface area contributed by atoms with E-state index < -0.39 is 12.0 Å². The van der Waals surface area contributed by atoms with Gasteiger partial charge >= 0.3 is 5.97 Å². The van der Waals surface area contributed by atoms with E-state index >= 15 is 0 Å². The first kappa shape index (κ1) is 14.1. The van der Waals surface area contributed by atoms with Crippen molar-refractivity contribution in [2.75, 3.05) is 6.54 Å². The molecule has 2 N–H and O–H groups in total. The molecule has 0 fully saturated rings. The zero-order chi connectivity index (χ0) is 13.7. The summed E-state index contributed by atoms with van der Waals surface area (Å²) < 4.78 is 0. The molecular formula is C11H17N3O4. The van der Waals surface area contributed by atoms with Gasteiger partial charge in [0.1, 0.15) is 5.71 Å². The van der Waals surface area contributed by atoms with E-state index in [-0.39, 0.29) is 30.4 Å². The SMILES string of the molecule is CCN(C(=O)C1=NNC(=O)CC1)C(C)CC(=O)O. The number of nitrogens with one attached hydrogen (secondary N) is 1. The van der Waals surface area contributed by atoms with Crippen molar-refractivity contribution in [2.45, 2.75) is 39.2 Å². The van der Waals surface area contributed by atoms with Gasteiger partial charge in [-0.3, -0.25) is 14.4 Å². The summed E-state index contributed by atoms with van der Waals surface area (Å²) in [6.07, 6.45) is 0.412. The maximum absolute atomic E-state index is 12.1. The van der Waals surface area contributed by atoms with Gasteiger partial charge in [-0.25, -0.2) is 5.43 Å². The number of hydrogen-bond donors (Lipinski definition) is 2. The number of hydrogen-bond acceptors (Lipinski definition) is 4. The second-order valence-corrected chi connectivity index (χ2v) is 4.13. The zero-order valence-corrected chi connectivity index (χ0v) is 10.5. The predicted octanol–water partition coefficient (Wildman–Crippen LogP) is -0.0359. The maximum Gasteiger partial charge on any atom is 0.305 e. The van der Waals surface area contributed by atoms with Crippen molar-refractivity contribution in [2.24, 2.45) is 5.10 Å². The number of rotatable bonds is 5. The largest absolute Gasteiger partial charge is 0.481 e. The molecular weight excluding hydrogens is 238 g/mol. The van der Waals surface area contributed by atoms with E-state index in [9.17, 15) is 14.4 Å². The Balaban J connectivity index is 2.73. The van der Waals surface area contributed by atoms with Crippen molar-refractivity contribution in [3.63, 3.8) is 0 Å². The Hall–Kier alpha value is -1.92. The Morgan fingerprint density at radius 2 is 2.17 bits per heavy atom. The van der Waals surface area contributed by atoms with Crippen molar-refractivity contribution >= 4 is 23.5 Å². The van der Waals surface area contributed by atoms with Crippen LogP contribution < -0.4 is 5.43 Å². The Labute approximate surface area is 105 Å². The van der Waals surface area contributed by atoms with Crippen LogP contribution in [0.4, 0.5) is 0 Å². The summed E-state index contributed by atoms with van der Waals surface area (Å²) in [6.45, 7) is 3.86. The standard InChI is InChI=1S/C11H17N3O4/c1-3-14(7(2)6-10(16)17)11(18)8-4-5-9(15)13-12-8/h7H,3-6H2,1-2H3,(H,13,15)(H,16,17). The molecule has 7 nitrogen and oxygen atoms in total. The topological polar surface area (TPSA) is 99.1 Å². The number of nitrogens with zero attached hydrogens (tertiary/aromatic N) is 2. The maximum atomic E-state index is 12.1. The van der Waals surface area contributed by atoms with Crippen LogP contribution in [0, 0.1) is 0 Å². The van der Waals surface area contributed by atoms with Gasteiger partial charge in [0.15, 0.2) is 0 Å². The fourth-order valence-corrected chi connectivity index (χ4v) is 1.81. The van der Waals surface area contributed by atoms with Gasteiger partial charge in [0.2, 0.25) is 5.91 Å². The highest BCUT2D eigenvalue weighted by molar-refractivity contribution is 6.39. The van der Waals surface area contributed by atoms with Gasteiger partial charge in [-0.05, 0) is 13.8 Å². The molecule has 1 atom stereocenters. The highest BCUT2D eigenvalue weighted by Crippen LogP contribution is 2.09. The van der Waals surface area contributed by atoms with Gasteiger partial charge < -0.3 is 10.0 Å². The van der Waals surface area contributed by atoms with Crippen molar-refractivity contribution < 1.29 is 19.5 Å². The minimum absolute atomic E-state index is 0.112. The monoisotopic (exact) mass is 255 g/mol. The van der Waals surface area contributed by atoms with E-state index in [0.29, 0.717) is 13.0 Å². The molecule has 1 aliphatic heterocycles. The second-order valence-electron chi connectivity index (χ2n) is 4.13. The summed E-state index contributed by atoms with van der Waals surface area (Å²) in [6, 6.07) is -0.402. The lowest BCUT2D eigenvalue weighted by atomic mass is 10.1. The fourth-order valence-electron chi connectivity index (χ4n) is 1.81. The molecule has 1 aliphatic rings. The summed E-state index contributed by atoms with van der Waals surface area (Å²) in [5.41, 5.74) is 2.53. The summed E-state index contributed by atoms with van der Waals surface area (Å²) in [7, 11) is 0. The molecule has 0 bridgehead atoms. The van der Waals surface area contributed by atoms with Crippen LogP contribution in [0.25, 0.3) is 0 Å². The molecule has 1 unspecified atom stereocenters. The van der Waals surface area contributed by atoms with E-state index in [0.717, 1.165) is 0 Å². The third kappa shape index (κ3) is 3.54. The van der Waals surface area contributed by atoms with Crippen molar-refractivity contribution in [1.82, 2.24) is 10.3 Å².